The van der Waals surface area contributed by atoms with E-state index in [1.807, 2.05) is 26.0 Å². The third kappa shape index (κ3) is 4.90. The summed E-state index contributed by atoms with van der Waals surface area (Å²) in [5.74, 6) is -0.434. The van der Waals surface area contributed by atoms with Gasteiger partial charge in [-0.05, 0) is 73.5 Å². The van der Waals surface area contributed by atoms with E-state index in [0.717, 1.165) is 11.1 Å². The van der Waals surface area contributed by atoms with E-state index in [1.54, 1.807) is 6.07 Å². The van der Waals surface area contributed by atoms with E-state index in [-0.39, 0.29) is 21.2 Å². The van der Waals surface area contributed by atoms with Gasteiger partial charge in [0.15, 0.2) is 0 Å². The highest BCUT2D eigenvalue weighted by molar-refractivity contribution is 7.92. The first-order chi connectivity index (χ1) is 13.7. The van der Waals surface area contributed by atoms with E-state index >= 15 is 0 Å². The molecular formula is C21H18Cl2N2O3S. The zero-order chi connectivity index (χ0) is 21.2. The van der Waals surface area contributed by atoms with Crippen molar-refractivity contribution in [1.29, 1.82) is 0 Å². The van der Waals surface area contributed by atoms with Crippen LogP contribution in [-0.4, -0.2) is 14.3 Å². The number of benzene rings is 3. The lowest BCUT2D eigenvalue weighted by Crippen LogP contribution is -2.16. The topological polar surface area (TPSA) is 75.3 Å². The zero-order valence-electron chi connectivity index (χ0n) is 15.7. The van der Waals surface area contributed by atoms with Crippen LogP contribution in [0, 0.1) is 13.8 Å². The Labute approximate surface area is 179 Å². The second kappa shape index (κ2) is 8.45. The van der Waals surface area contributed by atoms with E-state index in [0.29, 0.717) is 10.7 Å². The number of nitrogens with one attached hydrogen (secondary N) is 2. The molecule has 0 aliphatic rings. The van der Waals surface area contributed by atoms with E-state index in [2.05, 4.69) is 10.0 Å². The third-order valence-corrected chi connectivity index (χ3v) is 6.42. The molecule has 5 nitrogen and oxygen atoms in total. The van der Waals surface area contributed by atoms with Gasteiger partial charge in [0, 0.05) is 16.4 Å². The van der Waals surface area contributed by atoms with E-state index in [4.69, 9.17) is 23.2 Å². The Morgan fingerprint density at radius 1 is 0.931 bits per heavy atom. The van der Waals surface area contributed by atoms with Crippen LogP contribution in [-0.2, 0) is 10.0 Å². The molecule has 3 rings (SSSR count). The quantitative estimate of drug-likeness (QED) is 0.528. The molecule has 0 aromatic heterocycles. The molecule has 0 bridgehead atoms. The maximum absolute atomic E-state index is 12.7. The van der Waals surface area contributed by atoms with Gasteiger partial charge in [-0.15, -0.1) is 0 Å². The van der Waals surface area contributed by atoms with E-state index < -0.39 is 15.9 Å². The lowest BCUT2D eigenvalue weighted by molar-refractivity contribution is 0.102. The van der Waals surface area contributed by atoms with Crippen molar-refractivity contribution in [3.05, 3.63) is 87.4 Å². The normalized spacial score (nSPS) is 11.2. The van der Waals surface area contributed by atoms with Crippen LogP contribution in [0.2, 0.25) is 10.0 Å². The minimum absolute atomic E-state index is 0.0539. The predicted molar refractivity (Wildman–Crippen MR) is 118 cm³/mol. The van der Waals surface area contributed by atoms with Crippen molar-refractivity contribution in [2.45, 2.75) is 18.7 Å². The van der Waals surface area contributed by atoms with Gasteiger partial charge >= 0.3 is 0 Å². The van der Waals surface area contributed by atoms with Gasteiger partial charge in [0.25, 0.3) is 15.9 Å². The zero-order valence-corrected chi connectivity index (χ0v) is 18.0. The molecule has 0 fully saturated rings. The fourth-order valence-corrected chi connectivity index (χ4v) is 4.05. The molecule has 8 heteroatoms. The summed E-state index contributed by atoms with van der Waals surface area (Å²) in [7, 11) is -3.84. The first-order valence-corrected chi connectivity index (χ1v) is 10.9. The summed E-state index contributed by atoms with van der Waals surface area (Å²) in [6, 6.07) is 15.7. The SMILES string of the molecule is Cc1cccc(NC(=O)c2cc(NS(=O)(=O)c3ccc(Cl)cc3)ccc2Cl)c1C. The molecule has 0 aliphatic carbocycles. The summed E-state index contributed by atoms with van der Waals surface area (Å²) >= 11 is 12.0. The Morgan fingerprint density at radius 2 is 1.62 bits per heavy atom. The highest BCUT2D eigenvalue weighted by atomic mass is 35.5. The Balaban J connectivity index is 1.87. The van der Waals surface area contributed by atoms with Crippen LogP contribution >= 0.6 is 23.2 Å². The van der Waals surface area contributed by atoms with Crippen molar-refractivity contribution in [1.82, 2.24) is 0 Å². The molecule has 2 N–H and O–H groups in total. The fourth-order valence-electron chi connectivity index (χ4n) is 2.67. The smallest absolute Gasteiger partial charge is 0.261 e. The highest BCUT2D eigenvalue weighted by Gasteiger charge is 2.17. The van der Waals surface area contributed by atoms with Crippen molar-refractivity contribution in [3.8, 4) is 0 Å². The van der Waals surface area contributed by atoms with Gasteiger partial charge in [0.05, 0.1) is 15.5 Å². The maximum atomic E-state index is 12.7. The fraction of sp³-hybridized carbons (Fsp3) is 0.0952. The summed E-state index contributed by atoms with van der Waals surface area (Å²) in [5.41, 5.74) is 3.02. The van der Waals surface area contributed by atoms with Crippen molar-refractivity contribution in [2.75, 3.05) is 10.0 Å². The molecule has 29 heavy (non-hydrogen) atoms. The lowest BCUT2D eigenvalue weighted by atomic mass is 10.1. The number of halogens is 2. The Hall–Kier alpha value is -2.54. The first-order valence-electron chi connectivity index (χ1n) is 8.63. The van der Waals surface area contributed by atoms with Gasteiger partial charge in [-0.2, -0.15) is 0 Å². The molecule has 0 heterocycles. The second-order valence-corrected chi connectivity index (χ2v) is 8.98. The molecule has 3 aromatic rings. The molecule has 0 saturated carbocycles. The number of anilines is 2. The second-order valence-electron chi connectivity index (χ2n) is 6.46. The van der Waals surface area contributed by atoms with Gasteiger partial charge in [-0.3, -0.25) is 9.52 Å². The highest BCUT2D eigenvalue weighted by Crippen LogP contribution is 2.25. The van der Waals surface area contributed by atoms with Crippen molar-refractivity contribution < 1.29 is 13.2 Å². The summed E-state index contributed by atoms with van der Waals surface area (Å²) in [4.78, 5) is 12.8. The monoisotopic (exact) mass is 448 g/mol. The molecule has 3 aromatic carbocycles. The van der Waals surface area contributed by atoms with Gasteiger partial charge < -0.3 is 5.32 Å². The molecule has 0 unspecified atom stereocenters. The number of carbonyl (C=O) groups excluding carboxylic acids is 1. The van der Waals surface area contributed by atoms with Crippen molar-refractivity contribution in [2.24, 2.45) is 0 Å². The van der Waals surface area contributed by atoms with Gasteiger partial charge in [0.2, 0.25) is 0 Å². The average Bonchev–Trinajstić information content (AvgIpc) is 2.67. The largest absolute Gasteiger partial charge is 0.322 e. The molecular weight excluding hydrogens is 431 g/mol. The van der Waals surface area contributed by atoms with Crippen LogP contribution in [0.15, 0.2) is 65.6 Å². The number of amides is 1. The number of rotatable bonds is 5. The average molecular weight is 449 g/mol. The van der Waals surface area contributed by atoms with Crippen LogP contribution in [0.1, 0.15) is 21.5 Å². The molecule has 1 amide bonds. The Bertz CT molecular complexity index is 1180. The molecule has 0 radical (unpaired) electrons. The molecule has 0 spiro atoms. The molecule has 0 atom stereocenters. The number of aryl methyl sites for hydroxylation is 1. The number of sulfonamides is 1. The standard InChI is InChI=1S/C21H18Cl2N2O3S/c1-13-4-3-5-20(14(13)2)24-21(26)18-12-16(8-11-19(18)23)25-29(27,28)17-9-6-15(22)7-10-17/h3-12,25H,1-2H3,(H,24,26). The number of hydrogen-bond acceptors (Lipinski definition) is 3. The van der Waals surface area contributed by atoms with Gasteiger partial charge in [-0.1, -0.05) is 35.3 Å². The van der Waals surface area contributed by atoms with Crippen molar-refractivity contribution in [3.63, 3.8) is 0 Å². The summed E-state index contributed by atoms with van der Waals surface area (Å²) in [6.07, 6.45) is 0. The van der Waals surface area contributed by atoms with Gasteiger partial charge in [0.1, 0.15) is 0 Å². The van der Waals surface area contributed by atoms with Crippen LogP contribution in [0.4, 0.5) is 11.4 Å². The van der Waals surface area contributed by atoms with Crippen molar-refractivity contribution >= 4 is 50.5 Å². The maximum Gasteiger partial charge on any atom is 0.261 e. The van der Waals surface area contributed by atoms with Crippen LogP contribution in [0.25, 0.3) is 0 Å². The minimum Gasteiger partial charge on any atom is -0.322 e. The van der Waals surface area contributed by atoms with Crippen LogP contribution in [0.3, 0.4) is 0 Å². The minimum atomic E-state index is -3.84. The predicted octanol–water partition coefficient (Wildman–Crippen LogP) is 5.66. The van der Waals surface area contributed by atoms with Crippen LogP contribution < -0.4 is 10.0 Å². The van der Waals surface area contributed by atoms with Crippen LogP contribution in [0.5, 0.6) is 0 Å². The number of carbonyl (C=O) groups is 1. The molecule has 0 saturated heterocycles. The summed E-state index contributed by atoms with van der Waals surface area (Å²) < 4.78 is 27.6. The third-order valence-electron chi connectivity index (χ3n) is 4.44. The lowest BCUT2D eigenvalue weighted by Gasteiger charge is -2.13. The van der Waals surface area contributed by atoms with E-state index in [1.165, 1.54) is 42.5 Å². The first kappa shape index (κ1) is 21.2. The number of hydrogen-bond donors (Lipinski definition) is 2. The summed E-state index contributed by atoms with van der Waals surface area (Å²) in [6.45, 7) is 3.85. The molecule has 150 valence electrons. The Kier molecular flexibility index (Phi) is 6.17. The van der Waals surface area contributed by atoms with E-state index in [9.17, 15) is 13.2 Å². The Morgan fingerprint density at radius 3 is 2.31 bits per heavy atom. The van der Waals surface area contributed by atoms with Gasteiger partial charge in [-0.25, -0.2) is 8.42 Å². The molecule has 0 aliphatic heterocycles. The summed E-state index contributed by atoms with van der Waals surface area (Å²) in [5, 5.41) is 3.46.